The lowest BCUT2D eigenvalue weighted by molar-refractivity contribution is -0.125. The first-order valence-corrected chi connectivity index (χ1v) is 5.63. The number of nitrogens with zero attached hydrogens (tertiary/aromatic N) is 2. The van der Waals surface area contributed by atoms with E-state index in [0.29, 0.717) is 0 Å². The van der Waals surface area contributed by atoms with Gasteiger partial charge < -0.3 is 4.74 Å². The first-order valence-electron chi connectivity index (χ1n) is 5.63. The minimum atomic E-state index is -0.307. The molecule has 0 spiro atoms. The molecular formula is C13H14N2O3. The van der Waals surface area contributed by atoms with Crippen molar-refractivity contribution in [2.75, 3.05) is 24.6 Å². The fraction of sp³-hybridized carbons (Fsp3) is 0.231. The Balaban J connectivity index is 2.07. The highest BCUT2D eigenvalue weighted by Crippen LogP contribution is 2.20. The third-order valence-corrected chi connectivity index (χ3v) is 2.67. The molecule has 1 aliphatic heterocycles. The molecule has 5 nitrogen and oxygen atoms in total. The molecule has 1 aromatic carbocycles. The Hall–Kier alpha value is -2.30. The number of carbonyl (C=O) groups excluding carboxylic acids is 2. The molecule has 0 saturated carbocycles. The smallest absolute Gasteiger partial charge is 0.331 e. The summed E-state index contributed by atoms with van der Waals surface area (Å²) in [5, 5.41) is 0. The van der Waals surface area contributed by atoms with E-state index in [9.17, 15) is 9.59 Å². The summed E-state index contributed by atoms with van der Waals surface area (Å²) >= 11 is 0. The zero-order chi connectivity index (χ0) is 13.0. The lowest BCUT2D eigenvalue weighted by Crippen LogP contribution is -2.35. The molecule has 5 heteroatoms. The minimum absolute atomic E-state index is 0.0803. The van der Waals surface area contributed by atoms with Crippen molar-refractivity contribution in [2.24, 2.45) is 0 Å². The van der Waals surface area contributed by atoms with Gasteiger partial charge in [-0.25, -0.2) is 4.79 Å². The molecular weight excluding hydrogens is 232 g/mol. The van der Waals surface area contributed by atoms with E-state index in [1.54, 1.807) is 12.1 Å². The molecule has 0 unspecified atom stereocenters. The normalized spacial score (nSPS) is 15.1. The maximum atomic E-state index is 12.1. The fourth-order valence-electron chi connectivity index (χ4n) is 1.80. The number of carbonyl (C=O) groups is 2. The van der Waals surface area contributed by atoms with E-state index >= 15 is 0 Å². The summed E-state index contributed by atoms with van der Waals surface area (Å²) in [6.45, 7) is 4.00. The van der Waals surface area contributed by atoms with E-state index in [4.69, 9.17) is 4.74 Å². The second-order valence-corrected chi connectivity index (χ2v) is 3.79. The van der Waals surface area contributed by atoms with Crippen LogP contribution in [0.3, 0.4) is 0 Å². The van der Waals surface area contributed by atoms with Crippen molar-refractivity contribution in [2.45, 2.75) is 0 Å². The second kappa shape index (κ2) is 5.35. The van der Waals surface area contributed by atoms with Gasteiger partial charge in [-0.2, -0.15) is 0 Å². The average Bonchev–Trinajstić information content (AvgIpc) is 2.68. The van der Waals surface area contributed by atoms with Gasteiger partial charge in [0.25, 0.3) is 5.91 Å². The van der Waals surface area contributed by atoms with Crippen molar-refractivity contribution < 1.29 is 14.3 Å². The van der Waals surface area contributed by atoms with E-state index in [2.05, 4.69) is 6.58 Å². The predicted molar refractivity (Wildman–Crippen MR) is 67.0 cm³/mol. The van der Waals surface area contributed by atoms with Crippen LogP contribution in [0.4, 0.5) is 10.5 Å². The van der Waals surface area contributed by atoms with Gasteiger partial charge in [0.2, 0.25) is 0 Å². The van der Waals surface area contributed by atoms with E-state index in [1.807, 2.05) is 18.2 Å². The summed E-state index contributed by atoms with van der Waals surface area (Å²) in [5.74, 6) is -0.212. The van der Waals surface area contributed by atoms with Crippen molar-refractivity contribution in [3.05, 3.63) is 43.2 Å². The van der Waals surface area contributed by atoms with Crippen LogP contribution in [0.2, 0.25) is 0 Å². The molecule has 94 valence electrons. The van der Waals surface area contributed by atoms with E-state index in [-0.39, 0.29) is 31.6 Å². The Morgan fingerprint density at radius 1 is 1.28 bits per heavy atom. The summed E-state index contributed by atoms with van der Waals surface area (Å²) in [6, 6.07) is 8.82. The Bertz CT molecular complexity index is 459. The van der Waals surface area contributed by atoms with Crippen LogP contribution in [-0.2, 0) is 9.53 Å². The highest BCUT2D eigenvalue weighted by atomic mass is 16.5. The number of imide groups is 1. The number of para-hydroxylation sites is 1. The quantitative estimate of drug-likeness (QED) is 0.450. The predicted octanol–water partition coefficient (Wildman–Crippen LogP) is 1.62. The summed E-state index contributed by atoms with van der Waals surface area (Å²) in [6.07, 6.45) is 1.29. The minimum Gasteiger partial charge on any atom is -0.500 e. The molecule has 18 heavy (non-hydrogen) atoms. The van der Waals surface area contributed by atoms with Gasteiger partial charge in [-0.15, -0.1) is 0 Å². The maximum Gasteiger partial charge on any atom is 0.331 e. The molecule has 2 rings (SSSR count). The Morgan fingerprint density at radius 2 is 2.00 bits per heavy atom. The highest BCUT2D eigenvalue weighted by molar-refractivity contribution is 6.12. The van der Waals surface area contributed by atoms with Crippen LogP contribution in [0, 0.1) is 0 Å². The van der Waals surface area contributed by atoms with Crippen LogP contribution in [-0.4, -0.2) is 36.5 Å². The average molecular weight is 246 g/mol. The van der Waals surface area contributed by atoms with Crippen molar-refractivity contribution in [1.29, 1.82) is 0 Å². The third-order valence-electron chi connectivity index (χ3n) is 2.67. The van der Waals surface area contributed by atoms with Gasteiger partial charge in [-0.1, -0.05) is 24.8 Å². The molecule has 0 aliphatic carbocycles. The number of urea groups is 1. The van der Waals surface area contributed by atoms with Crippen molar-refractivity contribution in [3.8, 4) is 0 Å². The molecule has 0 aromatic heterocycles. The summed E-state index contributed by atoms with van der Waals surface area (Å²) in [5.41, 5.74) is 0.725. The van der Waals surface area contributed by atoms with E-state index in [1.165, 1.54) is 16.1 Å². The topological polar surface area (TPSA) is 49.9 Å². The Morgan fingerprint density at radius 3 is 2.67 bits per heavy atom. The van der Waals surface area contributed by atoms with Crippen molar-refractivity contribution in [1.82, 2.24) is 4.90 Å². The molecule has 1 fully saturated rings. The number of hydrogen-bond acceptors (Lipinski definition) is 3. The van der Waals surface area contributed by atoms with Gasteiger partial charge in [-0.05, 0) is 12.1 Å². The largest absolute Gasteiger partial charge is 0.500 e. The lowest BCUT2D eigenvalue weighted by atomic mass is 10.3. The molecule has 0 atom stereocenters. The standard InChI is InChI=1S/C13H14N2O3/c1-2-18-9-8-14-12(16)10-15(13(14)17)11-6-4-3-5-7-11/h2-7H,1,8-10H2. The number of ether oxygens (including phenoxy) is 1. The van der Waals surface area contributed by atoms with Crippen LogP contribution in [0.25, 0.3) is 0 Å². The zero-order valence-electron chi connectivity index (χ0n) is 9.91. The maximum absolute atomic E-state index is 12.1. The van der Waals surface area contributed by atoms with Gasteiger partial charge in [-0.3, -0.25) is 14.6 Å². The Labute approximate surface area is 105 Å². The van der Waals surface area contributed by atoms with Crippen molar-refractivity contribution in [3.63, 3.8) is 0 Å². The highest BCUT2D eigenvalue weighted by Gasteiger charge is 2.36. The van der Waals surface area contributed by atoms with Crippen LogP contribution in [0.1, 0.15) is 0 Å². The van der Waals surface area contributed by atoms with Crippen LogP contribution < -0.4 is 4.90 Å². The molecule has 1 heterocycles. The Kier molecular flexibility index (Phi) is 3.62. The number of anilines is 1. The number of amides is 3. The number of benzene rings is 1. The van der Waals surface area contributed by atoms with Gasteiger partial charge in [0, 0.05) is 5.69 Å². The fourth-order valence-corrected chi connectivity index (χ4v) is 1.80. The molecule has 3 amide bonds. The van der Waals surface area contributed by atoms with Gasteiger partial charge in [0.05, 0.1) is 12.8 Å². The van der Waals surface area contributed by atoms with Crippen LogP contribution in [0.15, 0.2) is 43.2 Å². The van der Waals surface area contributed by atoms with E-state index in [0.717, 1.165) is 5.69 Å². The first-order chi connectivity index (χ1) is 8.74. The van der Waals surface area contributed by atoms with Crippen molar-refractivity contribution >= 4 is 17.6 Å². The number of hydrogen-bond donors (Lipinski definition) is 0. The number of rotatable bonds is 5. The molecule has 0 bridgehead atoms. The molecule has 0 radical (unpaired) electrons. The molecule has 1 aromatic rings. The molecule has 1 aliphatic rings. The SMILES string of the molecule is C=COCCN1C(=O)CN(c2ccccc2)C1=O. The van der Waals surface area contributed by atoms with E-state index < -0.39 is 0 Å². The monoisotopic (exact) mass is 246 g/mol. The first kappa shape index (κ1) is 12.2. The lowest BCUT2D eigenvalue weighted by Gasteiger charge is -2.16. The van der Waals surface area contributed by atoms with Gasteiger partial charge in [0.1, 0.15) is 13.2 Å². The summed E-state index contributed by atoms with van der Waals surface area (Å²) in [4.78, 5) is 26.5. The molecule has 0 N–H and O–H groups in total. The second-order valence-electron chi connectivity index (χ2n) is 3.79. The summed E-state index contributed by atoms with van der Waals surface area (Å²) < 4.78 is 4.93. The zero-order valence-corrected chi connectivity index (χ0v) is 9.91. The van der Waals surface area contributed by atoms with Gasteiger partial charge in [0.15, 0.2) is 0 Å². The summed E-state index contributed by atoms with van der Waals surface area (Å²) in [7, 11) is 0. The molecule has 1 saturated heterocycles. The van der Waals surface area contributed by atoms with Crippen LogP contribution >= 0.6 is 0 Å². The third kappa shape index (κ3) is 2.34. The van der Waals surface area contributed by atoms with Gasteiger partial charge >= 0.3 is 6.03 Å². The van der Waals surface area contributed by atoms with Crippen LogP contribution in [0.5, 0.6) is 0 Å².